The summed E-state index contributed by atoms with van der Waals surface area (Å²) in [7, 11) is 1.09. The summed E-state index contributed by atoms with van der Waals surface area (Å²) in [4.78, 5) is 21.9. The first-order valence-corrected chi connectivity index (χ1v) is 5.16. The van der Waals surface area contributed by atoms with Gasteiger partial charge in [0.25, 0.3) is 0 Å². The van der Waals surface area contributed by atoms with Crippen LogP contribution in [0.4, 0.5) is 0 Å². The number of hydrogen-bond acceptors (Lipinski definition) is 5. The highest BCUT2D eigenvalue weighted by Crippen LogP contribution is 2.21. The number of carbonyl (C=O) groups is 2. The highest BCUT2D eigenvalue weighted by molar-refractivity contribution is 5.89. The third kappa shape index (κ3) is 2.85. The number of carboxylic acid groups (broad SMARTS) is 1. The molecule has 0 aliphatic rings. The van der Waals surface area contributed by atoms with E-state index in [0.29, 0.717) is 5.56 Å². The number of methoxy groups -OCH3 is 1. The SMILES string of the molecule is COC(=O)C(O)C(O)c1ccc(C(=O)O)c(C)c1. The summed E-state index contributed by atoms with van der Waals surface area (Å²) in [5, 5.41) is 28.1. The molecule has 0 bridgehead atoms. The van der Waals surface area contributed by atoms with Crippen LogP contribution >= 0.6 is 0 Å². The highest BCUT2D eigenvalue weighted by Gasteiger charge is 2.26. The summed E-state index contributed by atoms with van der Waals surface area (Å²) in [6, 6.07) is 4.05. The minimum atomic E-state index is -1.70. The van der Waals surface area contributed by atoms with E-state index < -0.39 is 24.1 Å². The molecular weight excluding hydrogens is 240 g/mol. The average molecular weight is 254 g/mol. The van der Waals surface area contributed by atoms with Crippen LogP contribution in [-0.4, -0.2) is 40.5 Å². The van der Waals surface area contributed by atoms with Gasteiger partial charge in [-0.2, -0.15) is 0 Å². The second-order valence-electron chi connectivity index (χ2n) is 3.79. The van der Waals surface area contributed by atoms with Crippen molar-refractivity contribution in [2.45, 2.75) is 19.1 Å². The number of benzene rings is 1. The second kappa shape index (κ2) is 5.61. The molecule has 0 aliphatic carbocycles. The average Bonchev–Trinajstić information content (AvgIpc) is 2.35. The molecule has 0 amide bonds. The predicted molar refractivity (Wildman–Crippen MR) is 61.1 cm³/mol. The molecule has 18 heavy (non-hydrogen) atoms. The lowest BCUT2D eigenvalue weighted by atomic mass is 9.99. The Labute approximate surface area is 103 Å². The zero-order chi connectivity index (χ0) is 13.9. The molecular formula is C12H14O6. The van der Waals surface area contributed by atoms with E-state index in [1.165, 1.54) is 18.2 Å². The van der Waals surface area contributed by atoms with E-state index >= 15 is 0 Å². The van der Waals surface area contributed by atoms with E-state index in [-0.39, 0.29) is 11.1 Å². The number of rotatable bonds is 4. The molecule has 0 spiro atoms. The standard InChI is InChI=1S/C12H14O6/c1-6-5-7(3-4-8(6)11(15)16)9(13)10(14)12(17)18-2/h3-5,9-10,13-14H,1-2H3,(H,15,16). The van der Waals surface area contributed by atoms with Crippen molar-refractivity contribution in [1.82, 2.24) is 0 Å². The molecule has 0 heterocycles. The van der Waals surface area contributed by atoms with Gasteiger partial charge >= 0.3 is 11.9 Å². The van der Waals surface area contributed by atoms with Gasteiger partial charge in [-0.15, -0.1) is 0 Å². The fraction of sp³-hybridized carbons (Fsp3) is 0.333. The Kier molecular flexibility index (Phi) is 4.41. The first kappa shape index (κ1) is 14.1. The molecule has 0 saturated heterocycles. The van der Waals surface area contributed by atoms with Crippen LogP contribution in [0.25, 0.3) is 0 Å². The molecule has 0 saturated carbocycles. The summed E-state index contributed by atoms with van der Waals surface area (Å²) < 4.78 is 4.30. The highest BCUT2D eigenvalue weighted by atomic mass is 16.5. The lowest BCUT2D eigenvalue weighted by molar-refractivity contribution is -0.156. The summed E-state index contributed by atoms with van der Waals surface area (Å²) in [6.07, 6.45) is -3.16. The molecule has 6 nitrogen and oxygen atoms in total. The second-order valence-corrected chi connectivity index (χ2v) is 3.79. The van der Waals surface area contributed by atoms with E-state index in [1.807, 2.05) is 0 Å². The largest absolute Gasteiger partial charge is 0.478 e. The molecule has 1 rings (SSSR count). The Morgan fingerprint density at radius 1 is 1.28 bits per heavy atom. The number of carboxylic acids is 1. The van der Waals surface area contributed by atoms with E-state index in [0.717, 1.165) is 7.11 Å². The third-order valence-electron chi connectivity index (χ3n) is 2.56. The van der Waals surface area contributed by atoms with Crippen LogP contribution in [0, 0.1) is 6.92 Å². The molecule has 1 aromatic rings. The van der Waals surface area contributed by atoms with Gasteiger partial charge in [0, 0.05) is 0 Å². The number of aromatic carboxylic acids is 1. The quantitative estimate of drug-likeness (QED) is 0.666. The number of aliphatic hydroxyl groups excluding tert-OH is 2. The van der Waals surface area contributed by atoms with Gasteiger partial charge in [-0.1, -0.05) is 12.1 Å². The Balaban J connectivity index is 3.01. The Morgan fingerprint density at radius 2 is 1.89 bits per heavy atom. The van der Waals surface area contributed by atoms with Crippen LogP contribution < -0.4 is 0 Å². The van der Waals surface area contributed by atoms with Crippen molar-refractivity contribution in [3.63, 3.8) is 0 Å². The van der Waals surface area contributed by atoms with Gasteiger partial charge in [0.15, 0.2) is 6.10 Å². The molecule has 3 N–H and O–H groups in total. The van der Waals surface area contributed by atoms with Crippen molar-refractivity contribution >= 4 is 11.9 Å². The van der Waals surface area contributed by atoms with Crippen LogP contribution in [-0.2, 0) is 9.53 Å². The molecule has 0 aliphatic heterocycles. The minimum Gasteiger partial charge on any atom is -0.478 e. The number of esters is 1. The zero-order valence-corrected chi connectivity index (χ0v) is 9.95. The molecule has 0 fully saturated rings. The van der Waals surface area contributed by atoms with Gasteiger partial charge in [0.2, 0.25) is 0 Å². The first-order chi connectivity index (χ1) is 8.38. The van der Waals surface area contributed by atoms with Gasteiger partial charge in [0.05, 0.1) is 12.7 Å². The first-order valence-electron chi connectivity index (χ1n) is 5.16. The molecule has 2 atom stereocenters. The van der Waals surface area contributed by atoms with Crippen LogP contribution in [0.5, 0.6) is 0 Å². The molecule has 0 aromatic heterocycles. The van der Waals surface area contributed by atoms with Crippen molar-refractivity contribution in [3.8, 4) is 0 Å². The summed E-state index contributed by atoms with van der Waals surface area (Å²) in [6.45, 7) is 1.56. The van der Waals surface area contributed by atoms with Gasteiger partial charge in [-0.25, -0.2) is 9.59 Å². The molecule has 6 heteroatoms. The number of hydrogen-bond donors (Lipinski definition) is 3. The molecule has 1 aromatic carbocycles. The predicted octanol–water partition coefficient (Wildman–Crippen LogP) is 0.261. The lowest BCUT2D eigenvalue weighted by Gasteiger charge is -2.16. The lowest BCUT2D eigenvalue weighted by Crippen LogP contribution is -2.29. The number of aliphatic hydroxyl groups is 2. The van der Waals surface area contributed by atoms with Crippen molar-refractivity contribution in [2.24, 2.45) is 0 Å². The molecule has 0 radical (unpaired) electrons. The van der Waals surface area contributed by atoms with Crippen molar-refractivity contribution in [3.05, 3.63) is 34.9 Å². The van der Waals surface area contributed by atoms with Gasteiger partial charge < -0.3 is 20.1 Å². The van der Waals surface area contributed by atoms with Crippen molar-refractivity contribution in [1.29, 1.82) is 0 Å². The van der Waals surface area contributed by atoms with Crippen LogP contribution in [0.1, 0.15) is 27.6 Å². The maximum Gasteiger partial charge on any atom is 0.337 e. The van der Waals surface area contributed by atoms with Gasteiger partial charge in [-0.05, 0) is 24.1 Å². The maximum atomic E-state index is 11.1. The van der Waals surface area contributed by atoms with E-state index in [1.54, 1.807) is 6.92 Å². The zero-order valence-electron chi connectivity index (χ0n) is 9.95. The maximum absolute atomic E-state index is 11.1. The van der Waals surface area contributed by atoms with E-state index in [9.17, 15) is 19.8 Å². The minimum absolute atomic E-state index is 0.0958. The van der Waals surface area contributed by atoms with Crippen LogP contribution in [0.3, 0.4) is 0 Å². The Hall–Kier alpha value is -1.92. The summed E-state index contributed by atoms with van der Waals surface area (Å²) in [5.41, 5.74) is 0.769. The fourth-order valence-corrected chi connectivity index (χ4v) is 1.54. The molecule has 98 valence electrons. The summed E-state index contributed by atoms with van der Waals surface area (Å²) >= 11 is 0. The van der Waals surface area contributed by atoms with Crippen LogP contribution in [0.2, 0.25) is 0 Å². The van der Waals surface area contributed by atoms with Gasteiger partial charge in [0.1, 0.15) is 6.10 Å². The topological polar surface area (TPSA) is 104 Å². The Morgan fingerprint density at radius 3 is 2.33 bits per heavy atom. The van der Waals surface area contributed by atoms with Crippen molar-refractivity contribution < 1.29 is 29.6 Å². The van der Waals surface area contributed by atoms with Crippen LogP contribution in [0.15, 0.2) is 18.2 Å². The smallest absolute Gasteiger partial charge is 0.337 e. The Bertz CT molecular complexity index is 468. The number of aryl methyl sites for hydroxylation is 1. The summed E-state index contributed by atoms with van der Waals surface area (Å²) in [5.74, 6) is -2.04. The molecule has 2 unspecified atom stereocenters. The van der Waals surface area contributed by atoms with E-state index in [2.05, 4.69) is 4.74 Å². The normalized spacial score (nSPS) is 13.8. The fourth-order valence-electron chi connectivity index (χ4n) is 1.54. The number of carbonyl (C=O) groups excluding carboxylic acids is 1. The van der Waals surface area contributed by atoms with Crippen molar-refractivity contribution in [2.75, 3.05) is 7.11 Å². The monoisotopic (exact) mass is 254 g/mol. The van der Waals surface area contributed by atoms with E-state index in [4.69, 9.17) is 5.11 Å². The van der Waals surface area contributed by atoms with Gasteiger partial charge in [-0.3, -0.25) is 0 Å². The number of ether oxygens (including phenoxy) is 1. The third-order valence-corrected chi connectivity index (χ3v) is 2.56.